The molecule has 0 unspecified atom stereocenters. The predicted molar refractivity (Wildman–Crippen MR) is 90.7 cm³/mol. The highest BCUT2D eigenvalue weighted by molar-refractivity contribution is 7.59. The van der Waals surface area contributed by atoms with Crippen LogP contribution in [0.2, 0.25) is 0 Å². The molecule has 0 aliphatic carbocycles. The predicted octanol–water partition coefficient (Wildman–Crippen LogP) is -1.10. The minimum atomic E-state index is -0.839. The van der Waals surface area contributed by atoms with Crippen LogP contribution in [-0.2, 0) is 14.4 Å². The highest BCUT2D eigenvalue weighted by atomic mass is 32.1. The Morgan fingerprint density at radius 3 is 2.14 bits per heavy atom. The van der Waals surface area contributed by atoms with E-state index >= 15 is 0 Å². The molecule has 0 spiro atoms. The SMILES string of the molecule is CC(=O)C[C@@H](CO)C(=O)N[C@@H](CCCCN)C(N)=O.S.S. The number of ketones is 1. The third-order valence-electron chi connectivity index (χ3n) is 2.73. The number of primary amides is 1. The van der Waals surface area contributed by atoms with Crippen molar-refractivity contribution < 1.29 is 19.5 Å². The second-order valence-electron chi connectivity index (χ2n) is 4.53. The Morgan fingerprint density at radius 1 is 1.19 bits per heavy atom. The van der Waals surface area contributed by atoms with Crippen molar-refractivity contribution in [2.75, 3.05) is 13.2 Å². The normalized spacial score (nSPS) is 12.3. The minimum absolute atomic E-state index is 0. The van der Waals surface area contributed by atoms with Crippen molar-refractivity contribution in [2.24, 2.45) is 17.4 Å². The summed E-state index contributed by atoms with van der Waals surface area (Å²) in [5.74, 6) is -2.21. The summed E-state index contributed by atoms with van der Waals surface area (Å²) in [7, 11) is 0. The molecule has 0 bridgehead atoms. The smallest absolute Gasteiger partial charge is 0.239 e. The number of nitrogens with one attached hydrogen (secondary N) is 1. The lowest BCUT2D eigenvalue weighted by Gasteiger charge is -2.19. The quantitative estimate of drug-likeness (QED) is 0.374. The fraction of sp³-hybridized carbons (Fsp3) is 0.750. The van der Waals surface area contributed by atoms with Crippen LogP contribution in [0.1, 0.15) is 32.6 Å². The van der Waals surface area contributed by atoms with Gasteiger partial charge in [0.25, 0.3) is 0 Å². The number of carbonyl (C=O) groups excluding carboxylic acids is 3. The third-order valence-corrected chi connectivity index (χ3v) is 2.73. The van der Waals surface area contributed by atoms with E-state index in [0.29, 0.717) is 19.4 Å². The van der Waals surface area contributed by atoms with Gasteiger partial charge in [-0.2, -0.15) is 27.0 Å². The highest BCUT2D eigenvalue weighted by Gasteiger charge is 2.24. The van der Waals surface area contributed by atoms with E-state index in [1.165, 1.54) is 6.92 Å². The first kappa shape index (κ1) is 25.2. The van der Waals surface area contributed by atoms with Gasteiger partial charge in [0.1, 0.15) is 11.8 Å². The molecule has 126 valence electrons. The molecule has 0 aromatic heterocycles. The molecule has 0 radical (unpaired) electrons. The van der Waals surface area contributed by atoms with E-state index in [1.54, 1.807) is 0 Å². The van der Waals surface area contributed by atoms with Crippen LogP contribution >= 0.6 is 27.0 Å². The maximum atomic E-state index is 11.8. The first-order chi connectivity index (χ1) is 8.92. The zero-order chi connectivity index (χ0) is 14.8. The third kappa shape index (κ3) is 11.6. The molecule has 6 N–H and O–H groups in total. The number of aliphatic hydroxyl groups excluding tert-OH is 1. The molecule has 2 amide bonds. The van der Waals surface area contributed by atoms with Crippen molar-refractivity contribution in [3.05, 3.63) is 0 Å². The van der Waals surface area contributed by atoms with E-state index in [0.717, 1.165) is 6.42 Å². The van der Waals surface area contributed by atoms with Gasteiger partial charge in [0, 0.05) is 6.42 Å². The number of nitrogens with two attached hydrogens (primary N) is 2. The van der Waals surface area contributed by atoms with Crippen molar-refractivity contribution in [3.8, 4) is 0 Å². The number of hydrogen-bond donors (Lipinski definition) is 4. The summed E-state index contributed by atoms with van der Waals surface area (Å²) in [4.78, 5) is 34.0. The number of Topliss-reactive ketones (excluding diaryl/α,β-unsaturated/α-hetero) is 1. The molecular formula is C12H27N3O4S2. The summed E-state index contributed by atoms with van der Waals surface area (Å²) in [5.41, 5.74) is 10.5. The van der Waals surface area contributed by atoms with Gasteiger partial charge >= 0.3 is 0 Å². The van der Waals surface area contributed by atoms with E-state index in [9.17, 15) is 14.4 Å². The lowest BCUT2D eigenvalue weighted by atomic mass is 10.0. The van der Waals surface area contributed by atoms with Crippen LogP contribution in [0.4, 0.5) is 0 Å². The van der Waals surface area contributed by atoms with E-state index < -0.39 is 30.4 Å². The molecule has 9 heteroatoms. The van der Waals surface area contributed by atoms with Crippen LogP contribution in [0.15, 0.2) is 0 Å². The van der Waals surface area contributed by atoms with Gasteiger partial charge in [0.15, 0.2) is 0 Å². The number of carbonyl (C=O) groups is 3. The van der Waals surface area contributed by atoms with Crippen molar-refractivity contribution >= 4 is 44.6 Å². The van der Waals surface area contributed by atoms with Crippen LogP contribution in [0, 0.1) is 5.92 Å². The molecule has 0 aromatic rings. The minimum Gasteiger partial charge on any atom is -0.396 e. The Morgan fingerprint density at radius 2 is 1.76 bits per heavy atom. The van der Waals surface area contributed by atoms with Gasteiger partial charge < -0.3 is 26.7 Å². The Hall–Kier alpha value is -0.770. The van der Waals surface area contributed by atoms with Gasteiger partial charge in [0.2, 0.25) is 11.8 Å². The Bertz CT molecular complexity index is 330. The molecule has 0 aromatic carbocycles. The molecule has 21 heavy (non-hydrogen) atoms. The number of rotatable bonds is 10. The van der Waals surface area contributed by atoms with Crippen LogP contribution in [0.5, 0.6) is 0 Å². The Kier molecular flexibility index (Phi) is 17.0. The second-order valence-corrected chi connectivity index (χ2v) is 4.53. The average molecular weight is 341 g/mol. The summed E-state index contributed by atoms with van der Waals surface area (Å²) < 4.78 is 0. The molecule has 0 aliphatic heterocycles. The van der Waals surface area contributed by atoms with Crippen molar-refractivity contribution in [2.45, 2.75) is 38.6 Å². The molecule has 7 nitrogen and oxygen atoms in total. The topological polar surface area (TPSA) is 136 Å². The highest BCUT2D eigenvalue weighted by Crippen LogP contribution is 2.06. The van der Waals surface area contributed by atoms with Crippen molar-refractivity contribution in [3.63, 3.8) is 0 Å². The standard InChI is InChI=1S/C12H23N3O4.2H2S/c1-8(17)6-9(7-16)12(19)15-10(11(14)18)4-2-3-5-13;;/h9-10,16H,2-7,13H2,1H3,(H2,14,18)(H,15,19);2*1H2/t9-,10-;;/m0../s1. The molecule has 2 atom stereocenters. The lowest BCUT2D eigenvalue weighted by Crippen LogP contribution is -2.47. The Labute approximate surface area is 139 Å². The molecule has 0 heterocycles. The number of hydrogen-bond acceptors (Lipinski definition) is 5. The zero-order valence-corrected chi connectivity index (χ0v) is 14.2. The van der Waals surface area contributed by atoms with Gasteiger partial charge in [-0.05, 0) is 32.7 Å². The average Bonchev–Trinajstić information content (AvgIpc) is 2.34. The fourth-order valence-electron chi connectivity index (χ4n) is 1.66. The Balaban J connectivity index is -0.00000162. The van der Waals surface area contributed by atoms with Crippen LogP contribution in [0.25, 0.3) is 0 Å². The van der Waals surface area contributed by atoms with Crippen molar-refractivity contribution in [1.29, 1.82) is 0 Å². The fourth-order valence-corrected chi connectivity index (χ4v) is 1.66. The number of amides is 2. The maximum Gasteiger partial charge on any atom is 0.239 e. The summed E-state index contributed by atoms with van der Waals surface area (Å²) in [6, 6.07) is -0.792. The summed E-state index contributed by atoms with van der Waals surface area (Å²) >= 11 is 0. The largest absolute Gasteiger partial charge is 0.396 e. The molecule has 0 saturated heterocycles. The van der Waals surface area contributed by atoms with Crippen LogP contribution in [-0.4, -0.2) is 41.9 Å². The van der Waals surface area contributed by atoms with E-state index in [2.05, 4.69) is 5.32 Å². The molecular weight excluding hydrogens is 314 g/mol. The molecule has 0 aliphatic rings. The lowest BCUT2D eigenvalue weighted by molar-refractivity contribution is -0.133. The second kappa shape index (κ2) is 14.2. The van der Waals surface area contributed by atoms with E-state index in [-0.39, 0.29) is 39.2 Å². The van der Waals surface area contributed by atoms with E-state index in [1.807, 2.05) is 0 Å². The van der Waals surface area contributed by atoms with Crippen LogP contribution < -0.4 is 16.8 Å². The molecule has 0 fully saturated rings. The summed E-state index contributed by atoms with van der Waals surface area (Å²) in [6.07, 6.45) is 1.74. The van der Waals surface area contributed by atoms with Crippen LogP contribution in [0.3, 0.4) is 0 Å². The van der Waals surface area contributed by atoms with Gasteiger partial charge in [-0.1, -0.05) is 0 Å². The molecule has 0 saturated carbocycles. The first-order valence-corrected chi connectivity index (χ1v) is 6.32. The monoisotopic (exact) mass is 341 g/mol. The van der Waals surface area contributed by atoms with Gasteiger partial charge in [-0.3, -0.25) is 9.59 Å². The van der Waals surface area contributed by atoms with Gasteiger partial charge in [-0.15, -0.1) is 0 Å². The van der Waals surface area contributed by atoms with Gasteiger partial charge in [-0.25, -0.2) is 0 Å². The number of unbranched alkanes of at least 4 members (excludes halogenated alkanes) is 1. The van der Waals surface area contributed by atoms with Crippen molar-refractivity contribution in [1.82, 2.24) is 5.32 Å². The summed E-state index contributed by atoms with van der Waals surface area (Å²) in [6.45, 7) is 1.39. The first-order valence-electron chi connectivity index (χ1n) is 6.32. The van der Waals surface area contributed by atoms with E-state index in [4.69, 9.17) is 16.6 Å². The zero-order valence-electron chi connectivity index (χ0n) is 12.2. The molecule has 0 rings (SSSR count). The maximum absolute atomic E-state index is 11.8. The number of aliphatic hydroxyl groups is 1. The van der Waals surface area contributed by atoms with Gasteiger partial charge in [0.05, 0.1) is 12.5 Å². The summed E-state index contributed by atoms with van der Waals surface area (Å²) in [5, 5.41) is 11.5.